The van der Waals surface area contributed by atoms with E-state index in [1.807, 2.05) is 66.9 Å². The van der Waals surface area contributed by atoms with E-state index in [-0.39, 0.29) is 4.90 Å². The lowest BCUT2D eigenvalue weighted by molar-refractivity contribution is 0.289. The van der Waals surface area contributed by atoms with Crippen LogP contribution in [0.4, 0.5) is 0 Å². The van der Waals surface area contributed by atoms with Crippen LogP contribution in [0.5, 0.6) is 11.5 Å². The molecule has 0 bridgehead atoms. The normalized spacial score (nSPS) is 16.6. The quantitative estimate of drug-likeness (QED) is 0.453. The maximum Gasteiger partial charge on any atom is 0.244 e. The molecule has 0 fully saturated rings. The molecule has 0 radical (unpaired) electrons. The predicted octanol–water partition coefficient (Wildman–Crippen LogP) is 4.45. The van der Waals surface area contributed by atoms with Crippen molar-refractivity contribution in [3.05, 3.63) is 90.3 Å². The van der Waals surface area contributed by atoms with E-state index in [2.05, 4.69) is 4.57 Å². The van der Waals surface area contributed by atoms with Gasteiger partial charge < -0.3 is 14.0 Å². The molecule has 6 nitrogen and oxygen atoms in total. The molecule has 0 unspecified atom stereocenters. The van der Waals surface area contributed by atoms with E-state index < -0.39 is 16.1 Å². The zero-order chi connectivity index (χ0) is 22.3. The Labute approximate surface area is 187 Å². The van der Waals surface area contributed by atoms with Gasteiger partial charge in [-0.05, 0) is 53.2 Å². The van der Waals surface area contributed by atoms with Crippen molar-refractivity contribution in [2.45, 2.75) is 17.5 Å². The van der Waals surface area contributed by atoms with Crippen molar-refractivity contribution in [1.29, 1.82) is 0 Å². The third kappa shape index (κ3) is 3.34. The third-order valence-electron chi connectivity index (χ3n) is 6.05. The van der Waals surface area contributed by atoms with Gasteiger partial charge in [-0.1, -0.05) is 30.3 Å². The number of ether oxygens (including phenoxy) is 2. The maximum absolute atomic E-state index is 13.9. The lowest BCUT2D eigenvalue weighted by Gasteiger charge is -2.37. The number of sulfonamides is 1. The van der Waals surface area contributed by atoms with E-state index in [1.54, 1.807) is 30.7 Å². The Morgan fingerprint density at radius 3 is 2.44 bits per heavy atom. The zero-order valence-electron chi connectivity index (χ0n) is 17.9. The second-order valence-corrected chi connectivity index (χ2v) is 9.65. The standard InChI is InChI=1S/C25H24N2O4S/c1-30-20-10-12-24(31-2)22(17-20)25-23-8-5-13-26(23)14-15-27(25)32(28,29)21-11-9-18-6-3-4-7-19(18)16-21/h3-13,16-17,25H,14-15H2,1-2H3/t25-/m0/s1. The summed E-state index contributed by atoms with van der Waals surface area (Å²) in [6.07, 6.45) is 1.98. The number of benzene rings is 3. The molecule has 4 aromatic rings. The van der Waals surface area contributed by atoms with E-state index in [1.165, 1.54) is 0 Å². The van der Waals surface area contributed by atoms with Crippen molar-refractivity contribution in [2.75, 3.05) is 20.8 Å². The number of hydrogen-bond donors (Lipinski definition) is 0. The Kier molecular flexibility index (Phi) is 5.15. The second kappa shape index (κ2) is 8.00. The summed E-state index contributed by atoms with van der Waals surface area (Å²) in [5.41, 5.74) is 1.64. The van der Waals surface area contributed by atoms with E-state index in [0.717, 1.165) is 22.0 Å². The number of nitrogens with zero attached hydrogens (tertiary/aromatic N) is 2. The summed E-state index contributed by atoms with van der Waals surface area (Å²) in [4.78, 5) is 0.281. The van der Waals surface area contributed by atoms with Crippen LogP contribution in [-0.2, 0) is 16.6 Å². The average molecular weight is 449 g/mol. The molecular formula is C25H24N2O4S. The lowest BCUT2D eigenvalue weighted by Crippen LogP contribution is -2.42. The first-order chi connectivity index (χ1) is 15.5. The Balaban J connectivity index is 1.68. The molecule has 32 heavy (non-hydrogen) atoms. The van der Waals surface area contributed by atoms with Gasteiger partial charge in [0, 0.05) is 30.5 Å². The van der Waals surface area contributed by atoms with Crippen molar-refractivity contribution >= 4 is 20.8 Å². The van der Waals surface area contributed by atoms with Gasteiger partial charge in [0.15, 0.2) is 0 Å². The SMILES string of the molecule is COc1ccc(OC)c([C@H]2c3cccn3CCN2S(=O)(=O)c2ccc3ccccc3c2)c1. The zero-order valence-corrected chi connectivity index (χ0v) is 18.7. The molecule has 7 heteroatoms. The molecule has 1 aliphatic rings. The van der Waals surface area contributed by atoms with E-state index in [9.17, 15) is 8.42 Å². The lowest BCUT2D eigenvalue weighted by atomic mass is 10.0. The van der Waals surface area contributed by atoms with Crippen LogP contribution in [0.1, 0.15) is 17.3 Å². The van der Waals surface area contributed by atoms with Gasteiger partial charge in [0.2, 0.25) is 10.0 Å². The molecule has 0 aliphatic carbocycles. The molecule has 0 saturated heterocycles. The number of methoxy groups -OCH3 is 2. The van der Waals surface area contributed by atoms with Crippen molar-refractivity contribution in [1.82, 2.24) is 8.87 Å². The molecule has 2 heterocycles. The van der Waals surface area contributed by atoms with Crippen LogP contribution in [0.15, 0.2) is 83.9 Å². The number of rotatable bonds is 5. The second-order valence-electron chi connectivity index (χ2n) is 7.76. The van der Waals surface area contributed by atoms with Crippen molar-refractivity contribution in [3.8, 4) is 11.5 Å². The molecule has 5 rings (SSSR count). The predicted molar refractivity (Wildman–Crippen MR) is 124 cm³/mol. The molecule has 3 aromatic carbocycles. The minimum Gasteiger partial charge on any atom is -0.497 e. The van der Waals surface area contributed by atoms with Gasteiger partial charge in [0.25, 0.3) is 0 Å². The van der Waals surface area contributed by atoms with Gasteiger partial charge in [-0.2, -0.15) is 4.31 Å². The first-order valence-corrected chi connectivity index (χ1v) is 11.8. The summed E-state index contributed by atoms with van der Waals surface area (Å²) in [7, 11) is -0.604. The fourth-order valence-electron chi connectivity index (χ4n) is 4.45. The summed E-state index contributed by atoms with van der Waals surface area (Å²) in [6, 6.07) is 21.9. The maximum atomic E-state index is 13.9. The number of fused-ring (bicyclic) bond motifs is 2. The Morgan fingerprint density at radius 2 is 1.66 bits per heavy atom. The van der Waals surface area contributed by atoms with Gasteiger partial charge in [-0.15, -0.1) is 0 Å². The van der Waals surface area contributed by atoms with Gasteiger partial charge in [0.1, 0.15) is 11.5 Å². The molecule has 1 atom stereocenters. The van der Waals surface area contributed by atoms with Crippen molar-refractivity contribution in [2.24, 2.45) is 0 Å². The minimum absolute atomic E-state index is 0.281. The first kappa shape index (κ1) is 20.6. The molecule has 0 N–H and O–H groups in total. The van der Waals surface area contributed by atoms with Crippen LogP contribution in [-0.4, -0.2) is 38.1 Å². The van der Waals surface area contributed by atoms with Crippen LogP contribution in [0.2, 0.25) is 0 Å². The molecule has 1 aliphatic heterocycles. The molecule has 1 aromatic heterocycles. The molecule has 0 amide bonds. The number of aromatic nitrogens is 1. The van der Waals surface area contributed by atoms with E-state index in [4.69, 9.17) is 9.47 Å². The highest BCUT2D eigenvalue weighted by Gasteiger charge is 2.39. The third-order valence-corrected chi connectivity index (χ3v) is 7.91. The fraction of sp³-hybridized carbons (Fsp3) is 0.200. The molecule has 0 saturated carbocycles. The van der Waals surface area contributed by atoms with E-state index in [0.29, 0.717) is 24.6 Å². The average Bonchev–Trinajstić information content (AvgIpc) is 3.31. The Hall–Kier alpha value is -3.29. The van der Waals surface area contributed by atoms with Crippen LogP contribution < -0.4 is 9.47 Å². The van der Waals surface area contributed by atoms with Gasteiger partial charge >= 0.3 is 0 Å². The summed E-state index contributed by atoms with van der Waals surface area (Å²) in [5, 5.41) is 1.90. The van der Waals surface area contributed by atoms with E-state index >= 15 is 0 Å². The minimum atomic E-state index is -3.79. The number of hydrogen-bond acceptors (Lipinski definition) is 4. The highest BCUT2D eigenvalue weighted by molar-refractivity contribution is 7.89. The monoisotopic (exact) mass is 448 g/mol. The highest BCUT2D eigenvalue weighted by Crippen LogP contribution is 2.41. The van der Waals surface area contributed by atoms with Crippen LogP contribution in [0.3, 0.4) is 0 Å². The summed E-state index contributed by atoms with van der Waals surface area (Å²) < 4.78 is 42.6. The smallest absolute Gasteiger partial charge is 0.244 e. The highest BCUT2D eigenvalue weighted by atomic mass is 32.2. The largest absolute Gasteiger partial charge is 0.497 e. The fourth-order valence-corrected chi connectivity index (χ4v) is 6.06. The van der Waals surface area contributed by atoms with Crippen LogP contribution >= 0.6 is 0 Å². The van der Waals surface area contributed by atoms with Gasteiger partial charge in [0.05, 0.1) is 25.2 Å². The summed E-state index contributed by atoms with van der Waals surface area (Å²) in [5.74, 6) is 1.26. The topological polar surface area (TPSA) is 60.8 Å². The Morgan fingerprint density at radius 1 is 0.844 bits per heavy atom. The van der Waals surface area contributed by atoms with Gasteiger partial charge in [-0.25, -0.2) is 8.42 Å². The van der Waals surface area contributed by atoms with Gasteiger partial charge in [-0.3, -0.25) is 0 Å². The van der Waals surface area contributed by atoms with Crippen LogP contribution in [0, 0.1) is 0 Å². The Bertz CT molecular complexity index is 1390. The van der Waals surface area contributed by atoms with Crippen molar-refractivity contribution in [3.63, 3.8) is 0 Å². The summed E-state index contributed by atoms with van der Waals surface area (Å²) in [6.45, 7) is 0.930. The first-order valence-electron chi connectivity index (χ1n) is 10.4. The summed E-state index contributed by atoms with van der Waals surface area (Å²) >= 11 is 0. The molecule has 0 spiro atoms. The van der Waals surface area contributed by atoms with Crippen molar-refractivity contribution < 1.29 is 17.9 Å². The van der Waals surface area contributed by atoms with Crippen LogP contribution in [0.25, 0.3) is 10.8 Å². The molecule has 164 valence electrons. The molecular weight excluding hydrogens is 424 g/mol.